The summed E-state index contributed by atoms with van der Waals surface area (Å²) < 4.78 is 5.98. The third-order valence-corrected chi connectivity index (χ3v) is 7.74. The Morgan fingerprint density at radius 3 is 2.62 bits per heavy atom. The van der Waals surface area contributed by atoms with Crippen LogP contribution in [0.4, 0.5) is 16.4 Å². The second kappa shape index (κ2) is 10.9. The smallest absolute Gasteiger partial charge is 0.270 e. The van der Waals surface area contributed by atoms with Crippen LogP contribution in [0.15, 0.2) is 70.1 Å². The number of benzene rings is 2. The minimum atomic E-state index is -0.417. The van der Waals surface area contributed by atoms with E-state index in [4.69, 9.17) is 9.41 Å². The molecule has 0 atom stereocenters. The molecule has 1 aliphatic carbocycles. The molecular weight excluding hydrogens is 486 g/mol. The quantitative estimate of drug-likeness (QED) is 0.161. The van der Waals surface area contributed by atoms with Crippen LogP contribution in [0.2, 0.25) is 0 Å². The Labute approximate surface area is 219 Å². The fourth-order valence-electron chi connectivity index (χ4n) is 4.62. The van der Waals surface area contributed by atoms with Crippen molar-refractivity contribution in [2.24, 2.45) is 4.99 Å². The van der Waals surface area contributed by atoms with E-state index >= 15 is 0 Å². The minimum absolute atomic E-state index is 0.0114. The number of anilines is 1. The molecule has 2 aromatic heterocycles. The number of aliphatic imine (C=N–C) groups is 1. The lowest BCUT2D eigenvalue weighted by Gasteiger charge is -2.11. The molecular formula is C29H27N3O4S. The molecule has 188 valence electrons. The topological polar surface area (TPSA) is 97.7 Å². The zero-order valence-electron chi connectivity index (χ0n) is 20.5. The summed E-state index contributed by atoms with van der Waals surface area (Å²) in [6.07, 6.45) is 7.99. The van der Waals surface area contributed by atoms with Gasteiger partial charge in [-0.25, -0.2) is 4.99 Å². The normalized spacial score (nSPS) is 13.6. The number of carbonyl (C=O) groups excluding carboxylic acids is 1. The Morgan fingerprint density at radius 2 is 1.84 bits per heavy atom. The highest BCUT2D eigenvalue weighted by molar-refractivity contribution is 7.16. The lowest BCUT2D eigenvalue weighted by molar-refractivity contribution is -0.384. The van der Waals surface area contributed by atoms with Crippen molar-refractivity contribution in [1.82, 2.24) is 0 Å². The lowest BCUT2D eigenvalue weighted by Crippen LogP contribution is -2.14. The van der Waals surface area contributed by atoms with Gasteiger partial charge >= 0.3 is 0 Å². The maximum Gasteiger partial charge on any atom is 0.270 e. The van der Waals surface area contributed by atoms with Gasteiger partial charge in [0.25, 0.3) is 11.6 Å². The molecule has 0 saturated carbocycles. The number of aryl methyl sites for hydroxylation is 2. The monoisotopic (exact) mass is 513 g/mol. The first kappa shape index (κ1) is 24.6. The van der Waals surface area contributed by atoms with Crippen LogP contribution in [0.1, 0.15) is 57.8 Å². The third kappa shape index (κ3) is 5.54. The maximum atomic E-state index is 13.4. The Morgan fingerprint density at radius 1 is 1.05 bits per heavy atom. The van der Waals surface area contributed by atoms with E-state index in [1.165, 1.54) is 29.9 Å². The summed E-state index contributed by atoms with van der Waals surface area (Å²) in [5.74, 6) is 0.892. The van der Waals surface area contributed by atoms with Crippen LogP contribution in [0, 0.1) is 17.0 Å². The minimum Gasteiger partial charge on any atom is -0.455 e. The molecule has 0 radical (unpaired) electrons. The van der Waals surface area contributed by atoms with E-state index in [9.17, 15) is 14.9 Å². The molecule has 0 bridgehead atoms. The van der Waals surface area contributed by atoms with Gasteiger partial charge in [-0.05, 0) is 68.0 Å². The predicted molar refractivity (Wildman–Crippen MR) is 147 cm³/mol. The molecule has 5 rings (SSSR count). The number of rotatable bonds is 6. The number of para-hydroxylation sites is 1. The molecule has 0 unspecified atom stereocenters. The second-order valence-corrected chi connectivity index (χ2v) is 10.2. The first-order chi connectivity index (χ1) is 18.0. The van der Waals surface area contributed by atoms with Gasteiger partial charge in [0.15, 0.2) is 0 Å². The van der Waals surface area contributed by atoms with Gasteiger partial charge in [-0.15, -0.1) is 11.3 Å². The third-order valence-electron chi connectivity index (χ3n) is 6.54. The highest BCUT2D eigenvalue weighted by Gasteiger charge is 2.24. The van der Waals surface area contributed by atoms with Gasteiger partial charge in [0.2, 0.25) is 0 Å². The average Bonchev–Trinajstić information content (AvgIpc) is 3.48. The summed E-state index contributed by atoms with van der Waals surface area (Å²) in [6, 6.07) is 17.7. The average molecular weight is 514 g/mol. The fraction of sp³-hybridized carbons (Fsp3) is 0.241. The SMILES string of the molecule is Cc1ccc([N+](=O)[O-])cc1-c1ccc(C=Nc2sc3c(c2C(=O)Nc2ccccc2)CCCCCC3)o1. The molecule has 0 fully saturated rings. The van der Waals surface area contributed by atoms with Crippen molar-refractivity contribution in [3.8, 4) is 11.3 Å². The van der Waals surface area contributed by atoms with Gasteiger partial charge in [0.1, 0.15) is 16.5 Å². The summed E-state index contributed by atoms with van der Waals surface area (Å²) in [5, 5.41) is 14.9. The molecule has 8 heteroatoms. The maximum absolute atomic E-state index is 13.4. The van der Waals surface area contributed by atoms with E-state index in [0.717, 1.165) is 42.5 Å². The Kier molecular flexibility index (Phi) is 7.28. The molecule has 0 spiro atoms. The molecule has 7 nitrogen and oxygen atoms in total. The van der Waals surface area contributed by atoms with Gasteiger partial charge < -0.3 is 9.73 Å². The zero-order valence-corrected chi connectivity index (χ0v) is 21.3. The van der Waals surface area contributed by atoms with Crippen LogP contribution in [0.5, 0.6) is 0 Å². The summed E-state index contributed by atoms with van der Waals surface area (Å²) >= 11 is 1.58. The van der Waals surface area contributed by atoms with Crippen molar-refractivity contribution in [3.05, 3.63) is 98.1 Å². The number of hydrogen-bond acceptors (Lipinski definition) is 6. The van der Waals surface area contributed by atoms with E-state index < -0.39 is 4.92 Å². The van der Waals surface area contributed by atoms with Gasteiger partial charge in [-0.3, -0.25) is 14.9 Å². The van der Waals surface area contributed by atoms with E-state index in [1.807, 2.05) is 37.3 Å². The number of thiophene rings is 1. The van der Waals surface area contributed by atoms with Crippen LogP contribution >= 0.6 is 11.3 Å². The number of nitro groups is 1. The highest BCUT2D eigenvalue weighted by Crippen LogP contribution is 2.39. The number of fused-ring (bicyclic) bond motifs is 1. The van der Waals surface area contributed by atoms with E-state index in [2.05, 4.69) is 5.32 Å². The molecule has 1 N–H and O–H groups in total. The predicted octanol–water partition coefficient (Wildman–Crippen LogP) is 7.89. The largest absolute Gasteiger partial charge is 0.455 e. The van der Waals surface area contributed by atoms with Gasteiger partial charge in [0.05, 0.1) is 16.7 Å². The Hall–Kier alpha value is -4.04. The molecule has 1 amide bonds. The molecule has 37 heavy (non-hydrogen) atoms. The van der Waals surface area contributed by atoms with Crippen LogP contribution in [-0.2, 0) is 12.8 Å². The van der Waals surface area contributed by atoms with E-state index in [1.54, 1.807) is 35.8 Å². The van der Waals surface area contributed by atoms with Crippen molar-refractivity contribution >= 4 is 39.8 Å². The summed E-state index contributed by atoms with van der Waals surface area (Å²) in [6.45, 7) is 1.88. The highest BCUT2D eigenvalue weighted by atomic mass is 32.1. The number of nitrogens with one attached hydrogen (secondary N) is 1. The van der Waals surface area contributed by atoms with E-state index in [0.29, 0.717) is 27.6 Å². The first-order valence-corrected chi connectivity index (χ1v) is 13.2. The summed E-state index contributed by atoms with van der Waals surface area (Å²) in [4.78, 5) is 30.2. The standard InChI is InChI=1S/C29H27N3O4S/c1-19-13-14-21(32(34)35)17-24(19)25-16-15-22(36-25)18-30-29-27(28(33)31-20-9-5-4-6-10-20)23-11-7-2-3-8-12-26(23)37-29/h4-6,9-10,13-18H,2-3,7-8,11-12H2,1H3,(H,31,33). The van der Waals surface area contributed by atoms with Crippen molar-refractivity contribution in [3.63, 3.8) is 0 Å². The zero-order chi connectivity index (χ0) is 25.8. The van der Waals surface area contributed by atoms with Crippen LogP contribution in [-0.4, -0.2) is 17.0 Å². The van der Waals surface area contributed by atoms with E-state index in [-0.39, 0.29) is 11.6 Å². The van der Waals surface area contributed by atoms with Crippen molar-refractivity contribution in [1.29, 1.82) is 0 Å². The number of nitro benzene ring substituents is 1. The summed E-state index contributed by atoms with van der Waals surface area (Å²) in [5.41, 5.74) is 4.05. The van der Waals surface area contributed by atoms with Crippen molar-refractivity contribution in [2.75, 3.05) is 5.32 Å². The van der Waals surface area contributed by atoms with Gasteiger partial charge in [-0.2, -0.15) is 0 Å². The fourth-order valence-corrected chi connectivity index (χ4v) is 5.85. The number of hydrogen-bond donors (Lipinski definition) is 1. The lowest BCUT2D eigenvalue weighted by atomic mass is 9.96. The Bertz CT molecular complexity index is 1470. The first-order valence-electron chi connectivity index (χ1n) is 12.4. The number of non-ortho nitro benzene ring substituents is 1. The number of amides is 1. The number of carbonyl (C=O) groups is 1. The van der Waals surface area contributed by atoms with Crippen LogP contribution < -0.4 is 5.32 Å². The van der Waals surface area contributed by atoms with Crippen molar-refractivity contribution in [2.45, 2.75) is 45.4 Å². The second-order valence-electron chi connectivity index (χ2n) is 9.13. The van der Waals surface area contributed by atoms with Crippen LogP contribution in [0.3, 0.4) is 0 Å². The van der Waals surface area contributed by atoms with Crippen LogP contribution in [0.25, 0.3) is 11.3 Å². The molecule has 2 aromatic carbocycles. The van der Waals surface area contributed by atoms with Crippen molar-refractivity contribution < 1.29 is 14.1 Å². The molecule has 0 aliphatic heterocycles. The number of nitrogens with zero attached hydrogens (tertiary/aromatic N) is 2. The Balaban J connectivity index is 1.47. The van der Waals surface area contributed by atoms with Gasteiger partial charge in [-0.1, -0.05) is 37.1 Å². The number of furan rings is 1. The molecule has 1 aliphatic rings. The van der Waals surface area contributed by atoms with Gasteiger partial charge in [0, 0.05) is 28.3 Å². The summed E-state index contributed by atoms with van der Waals surface area (Å²) in [7, 11) is 0. The molecule has 4 aromatic rings. The molecule has 2 heterocycles. The molecule has 0 saturated heterocycles.